The molecule has 0 saturated heterocycles. The van der Waals surface area contributed by atoms with Crippen LogP contribution in [0.25, 0.3) is 0 Å². The van der Waals surface area contributed by atoms with E-state index in [-0.39, 0.29) is 11.3 Å². The van der Waals surface area contributed by atoms with E-state index in [1.807, 2.05) is 0 Å². The van der Waals surface area contributed by atoms with E-state index in [9.17, 15) is 0 Å². The molecule has 1 fully saturated rings. The van der Waals surface area contributed by atoms with Crippen molar-refractivity contribution in [1.29, 1.82) is 0 Å². The van der Waals surface area contributed by atoms with Crippen LogP contribution in [0, 0.1) is 11.3 Å². The van der Waals surface area contributed by atoms with Crippen molar-refractivity contribution in [2.75, 3.05) is 19.0 Å². The molecule has 0 bridgehead atoms. The number of halogens is 1. The van der Waals surface area contributed by atoms with Crippen molar-refractivity contribution in [3.05, 3.63) is 5.28 Å². The summed E-state index contributed by atoms with van der Waals surface area (Å²) in [7, 11) is 1.50. The van der Waals surface area contributed by atoms with Crippen LogP contribution < -0.4 is 10.1 Å². The lowest BCUT2D eigenvalue weighted by Crippen LogP contribution is -2.11. The van der Waals surface area contributed by atoms with Gasteiger partial charge in [0.25, 0.3) is 0 Å². The summed E-state index contributed by atoms with van der Waals surface area (Å²) in [5.41, 5.74) is 0.438. The van der Waals surface area contributed by atoms with Crippen LogP contribution in [-0.4, -0.2) is 28.6 Å². The first-order chi connectivity index (χ1) is 7.51. The molecule has 1 N–H and O–H groups in total. The number of hydrogen-bond acceptors (Lipinski definition) is 5. The Hall–Kier alpha value is -1.10. The number of methoxy groups -OCH3 is 1. The Morgan fingerprint density at radius 2 is 2.12 bits per heavy atom. The van der Waals surface area contributed by atoms with Crippen molar-refractivity contribution >= 4 is 17.5 Å². The van der Waals surface area contributed by atoms with Gasteiger partial charge in [-0.05, 0) is 29.4 Å². The van der Waals surface area contributed by atoms with E-state index in [1.54, 1.807) is 0 Å². The molecule has 1 heterocycles. The topological polar surface area (TPSA) is 59.9 Å². The Balaban J connectivity index is 1.96. The molecule has 0 aliphatic heterocycles. The summed E-state index contributed by atoms with van der Waals surface area (Å²) in [6, 6.07) is 0.234. The van der Waals surface area contributed by atoms with Crippen LogP contribution in [0.4, 0.5) is 5.95 Å². The highest BCUT2D eigenvalue weighted by molar-refractivity contribution is 6.28. The van der Waals surface area contributed by atoms with Gasteiger partial charge >= 0.3 is 6.01 Å². The Morgan fingerprint density at radius 3 is 2.69 bits per heavy atom. The Labute approximate surface area is 99.6 Å². The minimum absolute atomic E-state index is 0.143. The van der Waals surface area contributed by atoms with Crippen LogP contribution in [0.1, 0.15) is 20.3 Å². The van der Waals surface area contributed by atoms with Gasteiger partial charge in [0.15, 0.2) is 0 Å². The molecule has 1 saturated carbocycles. The molecule has 1 atom stereocenters. The number of anilines is 1. The summed E-state index contributed by atoms with van der Waals surface area (Å²) < 4.78 is 4.91. The lowest BCUT2D eigenvalue weighted by molar-refractivity contribution is 0.378. The monoisotopic (exact) mass is 242 g/mol. The fourth-order valence-corrected chi connectivity index (χ4v) is 1.79. The molecule has 0 aromatic carbocycles. The van der Waals surface area contributed by atoms with E-state index in [0.29, 0.717) is 17.3 Å². The average Bonchev–Trinajstić information content (AvgIpc) is 2.83. The fourth-order valence-electron chi connectivity index (χ4n) is 1.64. The molecule has 2 rings (SSSR count). The molecule has 0 amide bonds. The second-order valence-corrected chi connectivity index (χ2v) is 5.02. The SMILES string of the molecule is COc1nc(Cl)nc(NCC2CC2(C)C)n1. The normalized spacial score (nSPS) is 21.6. The van der Waals surface area contributed by atoms with E-state index >= 15 is 0 Å². The molecule has 5 nitrogen and oxygen atoms in total. The number of ether oxygens (including phenoxy) is 1. The summed E-state index contributed by atoms with van der Waals surface area (Å²) in [5.74, 6) is 1.15. The third-order valence-corrected chi connectivity index (χ3v) is 3.16. The second kappa shape index (κ2) is 4.05. The fraction of sp³-hybridized carbons (Fsp3) is 0.700. The van der Waals surface area contributed by atoms with Gasteiger partial charge in [-0.1, -0.05) is 13.8 Å². The maximum Gasteiger partial charge on any atom is 0.322 e. The highest BCUT2D eigenvalue weighted by Crippen LogP contribution is 2.51. The predicted molar refractivity (Wildman–Crippen MR) is 61.8 cm³/mol. The van der Waals surface area contributed by atoms with Gasteiger partial charge in [0.05, 0.1) is 7.11 Å². The van der Waals surface area contributed by atoms with E-state index in [4.69, 9.17) is 16.3 Å². The third-order valence-electron chi connectivity index (χ3n) is 2.99. The summed E-state index contributed by atoms with van der Waals surface area (Å²) >= 11 is 5.73. The van der Waals surface area contributed by atoms with Crippen molar-refractivity contribution in [3.63, 3.8) is 0 Å². The first kappa shape index (κ1) is 11.4. The quantitative estimate of drug-likeness (QED) is 0.875. The molecule has 1 aliphatic carbocycles. The first-order valence-corrected chi connectivity index (χ1v) is 5.58. The van der Waals surface area contributed by atoms with Crippen LogP contribution in [0.3, 0.4) is 0 Å². The molecule has 1 aromatic rings. The largest absolute Gasteiger partial charge is 0.467 e. The maximum absolute atomic E-state index is 5.73. The number of rotatable bonds is 4. The van der Waals surface area contributed by atoms with Gasteiger partial charge in [0.1, 0.15) is 0 Å². The zero-order valence-corrected chi connectivity index (χ0v) is 10.4. The summed E-state index contributed by atoms with van der Waals surface area (Å²) in [4.78, 5) is 11.8. The molecular weight excluding hydrogens is 228 g/mol. The molecule has 1 unspecified atom stereocenters. The highest BCUT2D eigenvalue weighted by Gasteiger charge is 2.45. The lowest BCUT2D eigenvalue weighted by Gasteiger charge is -2.06. The predicted octanol–water partition coefficient (Wildman–Crippen LogP) is 1.99. The van der Waals surface area contributed by atoms with E-state index in [2.05, 4.69) is 34.1 Å². The van der Waals surface area contributed by atoms with Gasteiger partial charge in [-0.3, -0.25) is 0 Å². The van der Waals surface area contributed by atoms with Crippen LogP contribution in [-0.2, 0) is 0 Å². The van der Waals surface area contributed by atoms with Crippen molar-refractivity contribution < 1.29 is 4.74 Å². The molecule has 16 heavy (non-hydrogen) atoms. The van der Waals surface area contributed by atoms with Gasteiger partial charge in [0, 0.05) is 6.54 Å². The van der Waals surface area contributed by atoms with Crippen molar-refractivity contribution in [1.82, 2.24) is 15.0 Å². The van der Waals surface area contributed by atoms with Crippen molar-refractivity contribution in [2.45, 2.75) is 20.3 Å². The minimum atomic E-state index is 0.143. The summed E-state index contributed by atoms with van der Waals surface area (Å²) in [6.45, 7) is 5.36. The zero-order valence-electron chi connectivity index (χ0n) is 9.62. The van der Waals surface area contributed by atoms with Crippen LogP contribution >= 0.6 is 11.6 Å². The smallest absolute Gasteiger partial charge is 0.322 e. The lowest BCUT2D eigenvalue weighted by atomic mass is 10.1. The highest BCUT2D eigenvalue weighted by atomic mass is 35.5. The maximum atomic E-state index is 5.73. The summed E-state index contributed by atoms with van der Waals surface area (Å²) in [6.07, 6.45) is 1.23. The van der Waals surface area contributed by atoms with Gasteiger partial charge < -0.3 is 10.1 Å². The molecule has 88 valence electrons. The second-order valence-electron chi connectivity index (χ2n) is 4.69. The van der Waals surface area contributed by atoms with E-state index in [1.165, 1.54) is 13.5 Å². The minimum Gasteiger partial charge on any atom is -0.467 e. The number of nitrogens with zero attached hydrogens (tertiary/aromatic N) is 3. The zero-order chi connectivity index (χ0) is 11.8. The number of aromatic nitrogens is 3. The molecule has 0 radical (unpaired) electrons. The van der Waals surface area contributed by atoms with E-state index < -0.39 is 0 Å². The van der Waals surface area contributed by atoms with Crippen LogP contribution in [0.5, 0.6) is 6.01 Å². The van der Waals surface area contributed by atoms with Crippen LogP contribution in [0.2, 0.25) is 5.28 Å². The summed E-state index contributed by atoms with van der Waals surface area (Å²) in [5, 5.41) is 3.29. The van der Waals surface area contributed by atoms with Gasteiger partial charge in [-0.15, -0.1) is 0 Å². The molecule has 1 aromatic heterocycles. The Morgan fingerprint density at radius 1 is 1.44 bits per heavy atom. The van der Waals surface area contributed by atoms with Crippen LogP contribution in [0.15, 0.2) is 0 Å². The molecule has 1 aliphatic rings. The standard InChI is InChI=1S/C10H15ClN4O/c1-10(2)4-6(10)5-12-8-13-7(11)14-9(15-8)16-3/h6H,4-5H2,1-3H3,(H,12,13,14,15). The van der Waals surface area contributed by atoms with Gasteiger partial charge in [-0.25, -0.2) is 0 Å². The van der Waals surface area contributed by atoms with Crippen molar-refractivity contribution in [3.8, 4) is 6.01 Å². The molecule has 6 heteroatoms. The molecular formula is C10H15ClN4O. The van der Waals surface area contributed by atoms with Gasteiger partial charge in [0.2, 0.25) is 11.2 Å². The third kappa shape index (κ3) is 2.52. The average molecular weight is 243 g/mol. The number of nitrogens with one attached hydrogen (secondary N) is 1. The Bertz CT molecular complexity index is 396. The molecule has 0 spiro atoms. The van der Waals surface area contributed by atoms with Crippen molar-refractivity contribution in [2.24, 2.45) is 11.3 Å². The number of hydrogen-bond donors (Lipinski definition) is 1. The Kier molecular flexibility index (Phi) is 2.88. The van der Waals surface area contributed by atoms with Gasteiger partial charge in [-0.2, -0.15) is 15.0 Å². The van der Waals surface area contributed by atoms with E-state index in [0.717, 1.165) is 6.54 Å². The first-order valence-electron chi connectivity index (χ1n) is 5.21.